The summed E-state index contributed by atoms with van der Waals surface area (Å²) in [5.41, 5.74) is 0.600. The predicted octanol–water partition coefficient (Wildman–Crippen LogP) is 3.25. The molecule has 0 unspecified atom stereocenters. The summed E-state index contributed by atoms with van der Waals surface area (Å²) < 4.78 is 45.2. The van der Waals surface area contributed by atoms with Crippen LogP contribution < -0.4 is 4.74 Å². The van der Waals surface area contributed by atoms with Gasteiger partial charge in [-0.05, 0) is 30.7 Å². The van der Waals surface area contributed by atoms with Crippen molar-refractivity contribution < 1.29 is 27.4 Å². The van der Waals surface area contributed by atoms with Crippen molar-refractivity contribution in [2.24, 2.45) is 0 Å². The summed E-state index contributed by atoms with van der Waals surface area (Å²) in [7, 11) is 0. The van der Waals surface area contributed by atoms with E-state index >= 15 is 0 Å². The second-order valence-corrected chi connectivity index (χ2v) is 5.58. The standard InChI is InChI=1S/C16H21F3N2O3/c1-2-7-20-8-10-21(11-9-20)15(22)23-12-13-3-5-14(6-4-13)24-16(17,18)19/h3-6H,2,7-12H2,1H3. The molecule has 0 bridgehead atoms. The van der Waals surface area contributed by atoms with Crippen molar-refractivity contribution >= 4 is 6.09 Å². The molecule has 1 aromatic rings. The van der Waals surface area contributed by atoms with E-state index in [1.54, 1.807) is 4.90 Å². The third-order valence-corrected chi connectivity index (χ3v) is 3.69. The molecule has 1 aliphatic rings. The Morgan fingerprint density at radius 3 is 2.29 bits per heavy atom. The summed E-state index contributed by atoms with van der Waals surface area (Å²) in [5, 5.41) is 0. The number of benzene rings is 1. The van der Waals surface area contributed by atoms with Gasteiger partial charge >= 0.3 is 12.5 Å². The Kier molecular flexibility index (Phi) is 6.30. The number of ether oxygens (including phenoxy) is 2. The number of halogens is 3. The molecule has 0 radical (unpaired) electrons. The van der Waals surface area contributed by atoms with Gasteiger partial charge in [-0.3, -0.25) is 4.90 Å². The number of rotatable bonds is 5. The maximum absolute atomic E-state index is 12.1. The zero-order valence-corrected chi connectivity index (χ0v) is 13.5. The van der Waals surface area contributed by atoms with Crippen LogP contribution in [0.4, 0.5) is 18.0 Å². The Labute approximate surface area is 138 Å². The fourth-order valence-corrected chi connectivity index (χ4v) is 2.49. The Balaban J connectivity index is 1.76. The van der Waals surface area contributed by atoms with Crippen LogP contribution in [0.2, 0.25) is 0 Å². The number of carbonyl (C=O) groups is 1. The van der Waals surface area contributed by atoms with Gasteiger partial charge in [0.25, 0.3) is 0 Å². The normalized spacial score (nSPS) is 16.1. The average molecular weight is 346 g/mol. The van der Waals surface area contributed by atoms with Gasteiger partial charge in [0.15, 0.2) is 0 Å². The maximum atomic E-state index is 12.1. The van der Waals surface area contributed by atoms with E-state index in [0.717, 1.165) is 26.1 Å². The molecule has 1 saturated heterocycles. The van der Waals surface area contributed by atoms with Crippen LogP contribution in [-0.4, -0.2) is 55.0 Å². The number of nitrogens with zero attached hydrogens (tertiary/aromatic N) is 2. The first kappa shape index (κ1) is 18.4. The Morgan fingerprint density at radius 1 is 1.12 bits per heavy atom. The number of hydrogen-bond donors (Lipinski definition) is 0. The van der Waals surface area contributed by atoms with Crippen molar-refractivity contribution in [2.75, 3.05) is 32.7 Å². The van der Waals surface area contributed by atoms with Crippen molar-refractivity contribution in [2.45, 2.75) is 26.3 Å². The molecule has 5 nitrogen and oxygen atoms in total. The van der Waals surface area contributed by atoms with E-state index in [-0.39, 0.29) is 12.4 Å². The van der Waals surface area contributed by atoms with Crippen molar-refractivity contribution in [3.63, 3.8) is 0 Å². The number of carbonyl (C=O) groups excluding carboxylic acids is 1. The largest absolute Gasteiger partial charge is 0.573 e. The maximum Gasteiger partial charge on any atom is 0.573 e. The molecule has 1 aliphatic heterocycles. The van der Waals surface area contributed by atoms with Gasteiger partial charge in [-0.1, -0.05) is 19.1 Å². The SMILES string of the molecule is CCCN1CCN(C(=O)OCc2ccc(OC(F)(F)F)cc2)CC1. The van der Waals surface area contributed by atoms with Crippen LogP contribution >= 0.6 is 0 Å². The molecule has 0 saturated carbocycles. The summed E-state index contributed by atoms with van der Waals surface area (Å²) >= 11 is 0. The van der Waals surface area contributed by atoms with E-state index in [2.05, 4.69) is 16.6 Å². The summed E-state index contributed by atoms with van der Waals surface area (Å²) in [6.07, 6.45) is -4.03. The molecule has 1 amide bonds. The van der Waals surface area contributed by atoms with Crippen molar-refractivity contribution in [1.29, 1.82) is 0 Å². The smallest absolute Gasteiger partial charge is 0.445 e. The fraction of sp³-hybridized carbons (Fsp3) is 0.562. The lowest BCUT2D eigenvalue weighted by molar-refractivity contribution is -0.274. The minimum atomic E-state index is -4.71. The highest BCUT2D eigenvalue weighted by Gasteiger charge is 2.31. The van der Waals surface area contributed by atoms with Gasteiger partial charge < -0.3 is 14.4 Å². The van der Waals surface area contributed by atoms with Crippen molar-refractivity contribution in [1.82, 2.24) is 9.80 Å². The highest BCUT2D eigenvalue weighted by molar-refractivity contribution is 5.67. The van der Waals surface area contributed by atoms with Crippen LogP contribution in [0.3, 0.4) is 0 Å². The second-order valence-electron chi connectivity index (χ2n) is 5.58. The molecule has 0 aliphatic carbocycles. The molecule has 0 spiro atoms. The van der Waals surface area contributed by atoms with Crippen LogP contribution in [0.15, 0.2) is 24.3 Å². The summed E-state index contributed by atoms with van der Waals surface area (Å²) in [5.74, 6) is -0.301. The third-order valence-electron chi connectivity index (χ3n) is 3.69. The van der Waals surface area contributed by atoms with E-state index in [1.165, 1.54) is 24.3 Å². The Morgan fingerprint density at radius 2 is 1.75 bits per heavy atom. The van der Waals surface area contributed by atoms with Gasteiger partial charge in [0.1, 0.15) is 12.4 Å². The minimum Gasteiger partial charge on any atom is -0.445 e. The average Bonchev–Trinajstić information content (AvgIpc) is 2.53. The molecular weight excluding hydrogens is 325 g/mol. The first-order valence-electron chi connectivity index (χ1n) is 7.86. The molecule has 1 heterocycles. The van der Waals surface area contributed by atoms with Gasteiger partial charge in [0.05, 0.1) is 0 Å². The van der Waals surface area contributed by atoms with Crippen LogP contribution in [-0.2, 0) is 11.3 Å². The van der Waals surface area contributed by atoms with E-state index in [0.29, 0.717) is 18.7 Å². The summed E-state index contributed by atoms with van der Waals surface area (Å²) in [6, 6.07) is 5.27. The van der Waals surface area contributed by atoms with Crippen molar-refractivity contribution in [3.8, 4) is 5.75 Å². The monoisotopic (exact) mass is 346 g/mol. The lowest BCUT2D eigenvalue weighted by atomic mass is 10.2. The first-order chi connectivity index (χ1) is 11.4. The molecule has 24 heavy (non-hydrogen) atoms. The number of amides is 1. The summed E-state index contributed by atoms with van der Waals surface area (Å²) in [4.78, 5) is 15.9. The van der Waals surface area contributed by atoms with Gasteiger partial charge in [-0.15, -0.1) is 13.2 Å². The molecule has 134 valence electrons. The topological polar surface area (TPSA) is 42.0 Å². The van der Waals surface area contributed by atoms with Gasteiger partial charge in [-0.2, -0.15) is 0 Å². The number of alkyl halides is 3. The van der Waals surface area contributed by atoms with E-state index in [9.17, 15) is 18.0 Å². The molecule has 1 fully saturated rings. The first-order valence-corrected chi connectivity index (χ1v) is 7.86. The number of piperazine rings is 1. The Bertz CT molecular complexity index is 526. The van der Waals surface area contributed by atoms with E-state index < -0.39 is 12.5 Å². The lowest BCUT2D eigenvalue weighted by Crippen LogP contribution is -2.48. The molecule has 2 rings (SSSR count). The highest BCUT2D eigenvalue weighted by atomic mass is 19.4. The molecule has 1 aromatic carbocycles. The fourth-order valence-electron chi connectivity index (χ4n) is 2.49. The van der Waals surface area contributed by atoms with E-state index in [4.69, 9.17) is 4.74 Å². The zero-order valence-electron chi connectivity index (χ0n) is 13.5. The van der Waals surface area contributed by atoms with Crippen LogP contribution in [0.25, 0.3) is 0 Å². The highest BCUT2D eigenvalue weighted by Crippen LogP contribution is 2.23. The van der Waals surface area contributed by atoms with Gasteiger partial charge in [-0.25, -0.2) is 4.79 Å². The second kappa shape index (κ2) is 8.23. The van der Waals surface area contributed by atoms with Crippen molar-refractivity contribution in [3.05, 3.63) is 29.8 Å². The van der Waals surface area contributed by atoms with Gasteiger partial charge in [0.2, 0.25) is 0 Å². The molecule has 0 aromatic heterocycles. The minimum absolute atomic E-state index is 0.0142. The molecule has 0 atom stereocenters. The Hall–Kier alpha value is -1.96. The molecule has 8 heteroatoms. The van der Waals surface area contributed by atoms with Gasteiger partial charge in [0, 0.05) is 26.2 Å². The predicted molar refractivity (Wildman–Crippen MR) is 81.6 cm³/mol. The molecular formula is C16H21F3N2O3. The van der Waals surface area contributed by atoms with Crippen LogP contribution in [0, 0.1) is 0 Å². The molecule has 0 N–H and O–H groups in total. The lowest BCUT2D eigenvalue weighted by Gasteiger charge is -2.33. The van der Waals surface area contributed by atoms with Crippen LogP contribution in [0.5, 0.6) is 5.75 Å². The third kappa shape index (κ3) is 5.92. The summed E-state index contributed by atoms with van der Waals surface area (Å²) in [6.45, 7) is 6.05. The number of hydrogen-bond acceptors (Lipinski definition) is 4. The zero-order chi connectivity index (χ0) is 17.6. The van der Waals surface area contributed by atoms with E-state index in [1.807, 2.05) is 0 Å². The van der Waals surface area contributed by atoms with Crippen LogP contribution in [0.1, 0.15) is 18.9 Å². The quantitative estimate of drug-likeness (QED) is 0.821.